The minimum Gasteiger partial charge on any atom is -0.396 e. The van der Waals surface area contributed by atoms with Crippen molar-refractivity contribution in [2.24, 2.45) is 0 Å². The summed E-state index contributed by atoms with van der Waals surface area (Å²) in [4.78, 5) is 3.38. The number of hydrogen-bond acceptors (Lipinski definition) is 2. The maximum Gasteiger partial charge on any atom is 0.0904 e. The van der Waals surface area contributed by atoms with E-state index < -0.39 is 0 Å². The van der Waals surface area contributed by atoms with Crippen LogP contribution >= 0.6 is 0 Å². The van der Waals surface area contributed by atoms with Crippen LogP contribution in [-0.2, 0) is 0 Å². The minimum atomic E-state index is 0.676. The monoisotopic (exact) mass is 226 g/mol. The third-order valence-electron chi connectivity index (χ3n) is 3.06. The normalized spacial score (nSPS) is 11.2. The van der Waals surface area contributed by atoms with Crippen LogP contribution in [0.1, 0.15) is 11.3 Å². The van der Waals surface area contributed by atoms with E-state index in [1.165, 1.54) is 10.9 Å². The molecule has 0 bridgehead atoms. The van der Waals surface area contributed by atoms with Crippen LogP contribution in [0.2, 0.25) is 0 Å². The summed E-state index contributed by atoms with van der Waals surface area (Å²) in [5.41, 5.74) is 12.1. The van der Waals surface area contributed by atoms with Crippen LogP contribution in [0.5, 0.6) is 0 Å². The number of benzene rings is 1. The zero-order valence-electron chi connectivity index (χ0n) is 9.83. The molecule has 0 aliphatic heterocycles. The van der Waals surface area contributed by atoms with Crippen molar-refractivity contribution in [2.75, 3.05) is 5.73 Å². The van der Waals surface area contributed by atoms with Crippen molar-refractivity contribution in [3.63, 3.8) is 0 Å². The number of aryl methyl sites for hydroxylation is 2. The fourth-order valence-corrected chi connectivity index (χ4v) is 2.26. The summed E-state index contributed by atoms with van der Waals surface area (Å²) in [6.45, 7) is 4.13. The van der Waals surface area contributed by atoms with Crippen molar-refractivity contribution in [2.45, 2.75) is 13.8 Å². The molecule has 0 fully saturated rings. The predicted molar refractivity (Wildman–Crippen MR) is 69.8 cm³/mol. The molecule has 4 N–H and O–H groups in total. The average Bonchev–Trinajstić information content (AvgIpc) is 2.80. The molecule has 1 aromatic carbocycles. The van der Waals surface area contributed by atoms with Gasteiger partial charge in [0.2, 0.25) is 0 Å². The van der Waals surface area contributed by atoms with Gasteiger partial charge in [0.1, 0.15) is 0 Å². The number of aromatic nitrogens is 3. The van der Waals surface area contributed by atoms with Crippen LogP contribution < -0.4 is 5.73 Å². The Hall–Kier alpha value is -2.23. The van der Waals surface area contributed by atoms with Crippen LogP contribution in [0.15, 0.2) is 24.4 Å². The molecule has 0 amide bonds. The Bertz CT molecular complexity index is 691. The van der Waals surface area contributed by atoms with Crippen molar-refractivity contribution in [1.82, 2.24) is 15.2 Å². The highest BCUT2D eigenvalue weighted by Gasteiger charge is 2.14. The summed E-state index contributed by atoms with van der Waals surface area (Å²) in [5, 5.41) is 8.11. The van der Waals surface area contributed by atoms with Gasteiger partial charge in [-0.1, -0.05) is 12.1 Å². The van der Waals surface area contributed by atoms with Crippen molar-refractivity contribution in [1.29, 1.82) is 0 Å². The first kappa shape index (κ1) is 9.96. The molecular weight excluding hydrogens is 212 g/mol. The van der Waals surface area contributed by atoms with Crippen LogP contribution in [0.3, 0.4) is 0 Å². The number of nitrogens with zero attached hydrogens (tertiary/aromatic N) is 1. The molecule has 4 heteroatoms. The third kappa shape index (κ3) is 1.41. The first-order valence-electron chi connectivity index (χ1n) is 5.55. The summed E-state index contributed by atoms with van der Waals surface area (Å²) in [5.74, 6) is 0. The molecule has 0 aliphatic rings. The Morgan fingerprint density at radius 1 is 1.24 bits per heavy atom. The topological polar surface area (TPSA) is 70.5 Å². The fraction of sp³-hybridized carbons (Fsp3) is 0.154. The first-order chi connectivity index (χ1) is 8.16. The van der Waals surface area contributed by atoms with Crippen molar-refractivity contribution in [3.8, 4) is 11.3 Å². The number of nitrogens with two attached hydrogens (primary N) is 1. The number of anilines is 1. The third-order valence-corrected chi connectivity index (χ3v) is 3.06. The molecule has 0 radical (unpaired) electrons. The van der Waals surface area contributed by atoms with E-state index in [-0.39, 0.29) is 0 Å². The molecule has 17 heavy (non-hydrogen) atoms. The van der Waals surface area contributed by atoms with Gasteiger partial charge >= 0.3 is 0 Å². The lowest BCUT2D eigenvalue weighted by atomic mass is 10.1. The summed E-state index contributed by atoms with van der Waals surface area (Å²) < 4.78 is 0. The minimum absolute atomic E-state index is 0.676. The van der Waals surface area contributed by atoms with Crippen LogP contribution in [0.25, 0.3) is 22.2 Å². The average molecular weight is 226 g/mol. The second kappa shape index (κ2) is 3.38. The van der Waals surface area contributed by atoms with E-state index in [1.54, 1.807) is 6.20 Å². The molecule has 3 rings (SSSR count). The van der Waals surface area contributed by atoms with Crippen LogP contribution in [0, 0.1) is 13.8 Å². The Labute approximate surface area is 98.8 Å². The molecule has 2 aromatic heterocycles. The van der Waals surface area contributed by atoms with E-state index in [0.29, 0.717) is 5.69 Å². The van der Waals surface area contributed by atoms with Gasteiger partial charge in [-0.15, -0.1) is 0 Å². The van der Waals surface area contributed by atoms with Gasteiger partial charge in [0.05, 0.1) is 17.6 Å². The van der Waals surface area contributed by atoms with Crippen LogP contribution in [-0.4, -0.2) is 15.2 Å². The molecule has 0 spiro atoms. The predicted octanol–water partition coefficient (Wildman–Crippen LogP) is 2.76. The molecule has 4 nitrogen and oxygen atoms in total. The van der Waals surface area contributed by atoms with Crippen molar-refractivity contribution in [3.05, 3.63) is 35.7 Å². The van der Waals surface area contributed by atoms with E-state index in [0.717, 1.165) is 22.5 Å². The second-order valence-electron chi connectivity index (χ2n) is 4.37. The van der Waals surface area contributed by atoms with Gasteiger partial charge in [0.25, 0.3) is 0 Å². The highest BCUT2D eigenvalue weighted by atomic mass is 15.1. The molecule has 86 valence electrons. The number of nitrogens with one attached hydrogen (secondary N) is 2. The van der Waals surface area contributed by atoms with Gasteiger partial charge in [0.15, 0.2) is 0 Å². The van der Waals surface area contributed by atoms with Crippen molar-refractivity contribution < 1.29 is 0 Å². The quantitative estimate of drug-likeness (QED) is 0.597. The Morgan fingerprint density at radius 3 is 2.76 bits per heavy atom. The molecule has 3 aromatic rings. The zero-order chi connectivity index (χ0) is 12.0. The van der Waals surface area contributed by atoms with Gasteiger partial charge in [-0.2, -0.15) is 5.10 Å². The SMILES string of the molecule is Cc1ccc2c(-c3[nH]ncc3N)c(C)[nH]c2c1. The number of rotatable bonds is 1. The number of fused-ring (bicyclic) bond motifs is 1. The lowest BCUT2D eigenvalue weighted by Gasteiger charge is -2.00. The molecule has 0 saturated carbocycles. The van der Waals surface area contributed by atoms with Gasteiger partial charge in [-0.05, 0) is 25.5 Å². The summed E-state index contributed by atoms with van der Waals surface area (Å²) in [6.07, 6.45) is 1.64. The van der Waals surface area contributed by atoms with Gasteiger partial charge in [-0.25, -0.2) is 0 Å². The first-order valence-corrected chi connectivity index (χ1v) is 5.55. The van der Waals surface area contributed by atoms with E-state index in [9.17, 15) is 0 Å². The summed E-state index contributed by atoms with van der Waals surface area (Å²) in [7, 11) is 0. The smallest absolute Gasteiger partial charge is 0.0904 e. The standard InChI is InChI=1S/C13H14N4/c1-7-3-4-9-11(5-7)16-8(2)12(9)13-10(14)6-15-17-13/h3-6,16H,14H2,1-2H3,(H,15,17). The molecule has 0 atom stereocenters. The Kier molecular flexibility index (Phi) is 1.98. The molecule has 0 aliphatic carbocycles. The molecule has 0 unspecified atom stereocenters. The second-order valence-corrected chi connectivity index (χ2v) is 4.37. The van der Waals surface area contributed by atoms with E-state index in [1.807, 2.05) is 6.92 Å². The summed E-state index contributed by atoms with van der Waals surface area (Å²) >= 11 is 0. The Balaban J connectivity index is 2.37. The lowest BCUT2D eigenvalue weighted by Crippen LogP contribution is -1.87. The highest BCUT2D eigenvalue weighted by molar-refractivity contribution is 5.99. The van der Waals surface area contributed by atoms with Gasteiger partial charge in [-0.3, -0.25) is 5.10 Å². The maximum atomic E-state index is 5.91. The number of H-pyrrole nitrogens is 2. The van der Waals surface area contributed by atoms with E-state index in [4.69, 9.17) is 5.73 Å². The van der Waals surface area contributed by atoms with Crippen LogP contribution in [0.4, 0.5) is 5.69 Å². The van der Waals surface area contributed by atoms with Gasteiger partial charge in [0, 0.05) is 22.2 Å². The molecule has 2 heterocycles. The molecular formula is C13H14N4. The van der Waals surface area contributed by atoms with Gasteiger partial charge < -0.3 is 10.7 Å². The Morgan fingerprint density at radius 2 is 2.06 bits per heavy atom. The highest BCUT2D eigenvalue weighted by Crippen LogP contribution is 2.33. The summed E-state index contributed by atoms with van der Waals surface area (Å²) in [6, 6.07) is 6.36. The maximum absolute atomic E-state index is 5.91. The number of aromatic amines is 2. The zero-order valence-corrected chi connectivity index (χ0v) is 9.83. The fourth-order valence-electron chi connectivity index (χ4n) is 2.26. The van der Waals surface area contributed by atoms with E-state index in [2.05, 4.69) is 40.3 Å². The lowest BCUT2D eigenvalue weighted by molar-refractivity contribution is 1.09. The largest absolute Gasteiger partial charge is 0.396 e. The van der Waals surface area contributed by atoms with Crippen molar-refractivity contribution >= 4 is 16.6 Å². The number of nitrogen functional groups attached to an aromatic ring is 1. The van der Waals surface area contributed by atoms with E-state index >= 15 is 0 Å². The molecule has 0 saturated heterocycles. The number of hydrogen-bond donors (Lipinski definition) is 3.